The first-order chi connectivity index (χ1) is 16.5. The van der Waals surface area contributed by atoms with E-state index in [1.54, 1.807) is 16.9 Å². The molecule has 184 valence electrons. The Morgan fingerprint density at radius 1 is 0.886 bits per heavy atom. The summed E-state index contributed by atoms with van der Waals surface area (Å²) in [6.07, 6.45) is 1.77. The van der Waals surface area contributed by atoms with Crippen molar-refractivity contribution in [3.05, 3.63) is 60.7 Å². The molecule has 5 heteroatoms. The number of hydrogen-bond acceptors (Lipinski definition) is 2. The molecule has 0 saturated carbocycles. The molecule has 0 amide bonds. The number of rotatable bonds is 7. The first-order valence-electron chi connectivity index (χ1n) is 13.7. The van der Waals surface area contributed by atoms with Crippen molar-refractivity contribution in [1.29, 1.82) is 0 Å². The van der Waals surface area contributed by atoms with E-state index in [2.05, 4.69) is 106 Å². The summed E-state index contributed by atoms with van der Waals surface area (Å²) < 4.78 is 1.66. The summed E-state index contributed by atoms with van der Waals surface area (Å²) in [6, 6.07) is 24.1. The zero-order chi connectivity index (χ0) is 23.9. The van der Waals surface area contributed by atoms with Gasteiger partial charge in [-0.05, 0) is 0 Å². The predicted molar refractivity (Wildman–Crippen MR) is 145 cm³/mol. The van der Waals surface area contributed by atoms with Gasteiger partial charge < -0.3 is 0 Å². The average molecular weight is 542 g/mol. The molecule has 2 aromatic rings. The number of hydrogen-bond donors (Lipinski definition) is 0. The minimum absolute atomic E-state index is 0.173. The molecule has 10 fully saturated rings. The summed E-state index contributed by atoms with van der Waals surface area (Å²) in [4.78, 5) is 23.0. The van der Waals surface area contributed by atoms with Crippen molar-refractivity contribution in [2.45, 2.75) is 78.1 Å². The number of benzene rings is 2. The molecule has 10 aliphatic heterocycles. The molecular weight excluding hydrogens is 505 g/mol. The molecule has 2 aromatic carbocycles. The van der Waals surface area contributed by atoms with Gasteiger partial charge in [-0.3, -0.25) is 0 Å². The number of nitrogens with zero attached hydrogens (tertiary/aromatic N) is 1. The van der Waals surface area contributed by atoms with Crippen LogP contribution in [0.3, 0.4) is 0 Å². The Balaban J connectivity index is 1.32. The average Bonchev–Trinajstić information content (AvgIpc) is 3.79. The summed E-state index contributed by atoms with van der Waals surface area (Å²) in [5, 5.41) is 3.25. The number of carbonyl (C=O) groups is 1. The summed E-state index contributed by atoms with van der Waals surface area (Å²) in [5.74, 6) is 0. The maximum absolute atomic E-state index is 14.0. The first-order valence-corrected chi connectivity index (χ1v) is 24.6. The molecule has 10 aliphatic rings. The Labute approximate surface area is 201 Å². The van der Waals surface area contributed by atoms with Gasteiger partial charge in [0.1, 0.15) is 0 Å². The van der Waals surface area contributed by atoms with Crippen LogP contribution in [0.5, 0.6) is 0 Å². The van der Waals surface area contributed by atoms with Crippen molar-refractivity contribution in [2.24, 2.45) is 0 Å². The number of carbonyl (C=O) groups excluding carboxylic acids is 1. The van der Waals surface area contributed by atoms with E-state index in [9.17, 15) is 4.79 Å². The fraction of sp³-hybridized carbons (Fsp3) is 0.567. The molecule has 6 unspecified atom stereocenters. The van der Waals surface area contributed by atoms with E-state index in [0.29, 0.717) is 18.3 Å². The van der Waals surface area contributed by atoms with E-state index < -0.39 is 22.5 Å². The second kappa shape index (κ2) is 2.47. The fourth-order valence-electron chi connectivity index (χ4n) is 23.9. The van der Waals surface area contributed by atoms with Crippen molar-refractivity contribution >= 4 is 32.9 Å². The quantitative estimate of drug-likeness (QED) is 0.225. The van der Waals surface area contributed by atoms with Gasteiger partial charge in [-0.1, -0.05) is 0 Å². The normalized spacial score (nSPS) is 71.9. The van der Waals surface area contributed by atoms with Crippen LogP contribution in [-0.2, 0) is 11.3 Å². The van der Waals surface area contributed by atoms with Gasteiger partial charge in [-0.25, -0.2) is 0 Å². The minimum atomic E-state index is -4.42. The standard InChI is InChI=1S/C25H31NOPSi.C5H5.Fe/c1-19(26(2)3)25-22(18-27)24(29(4,5)6)17-23(25)28(20-13-9-7-10-14-20)21-15-11-8-12-16-21;1-2-4-5-3-1;/h7-19H,1-6H3;1-5H;. The number of aldehydes is 1. The molecule has 0 radical (unpaired) electrons. The third-order valence-corrected chi connectivity index (χ3v) is 80.4. The van der Waals surface area contributed by atoms with Crippen LogP contribution >= 0.6 is 7.92 Å². The number of fused-ring (bicyclic) bond motifs is 10. The van der Waals surface area contributed by atoms with Gasteiger partial charge in [0.15, 0.2) is 0 Å². The summed E-state index contributed by atoms with van der Waals surface area (Å²) >= 11 is 0. The summed E-state index contributed by atoms with van der Waals surface area (Å²) in [5.41, 5.74) is 0. The Morgan fingerprint density at radius 2 is 1.34 bits per heavy atom. The predicted octanol–water partition coefficient (Wildman–Crippen LogP) is 6.55. The molecule has 6 atom stereocenters. The molecule has 10 heterocycles. The van der Waals surface area contributed by atoms with Crippen molar-refractivity contribution in [3.63, 3.8) is 0 Å². The molecule has 2 nitrogen and oxygen atoms in total. The molecule has 0 aromatic heterocycles. The van der Waals surface area contributed by atoms with Gasteiger partial charge >= 0.3 is 202 Å². The van der Waals surface area contributed by atoms with Gasteiger partial charge in [-0.15, -0.1) is 0 Å². The second-order valence-corrected chi connectivity index (χ2v) is 48.2. The van der Waals surface area contributed by atoms with E-state index in [-0.39, 0.29) is 4.31 Å². The summed E-state index contributed by atoms with van der Waals surface area (Å²) in [6.45, 7) is 6.32. The molecule has 0 bridgehead atoms. The van der Waals surface area contributed by atoms with E-state index in [0.717, 1.165) is 28.9 Å². The monoisotopic (exact) mass is 541 g/mol. The van der Waals surface area contributed by atoms with E-state index >= 15 is 0 Å². The van der Waals surface area contributed by atoms with Gasteiger partial charge in [-0.2, -0.15) is 0 Å². The second-order valence-electron chi connectivity index (χ2n) is 17.0. The maximum atomic E-state index is 14.0. The zero-order valence-electron chi connectivity index (χ0n) is 21.5. The Kier molecular flexibility index (Phi) is 1.30. The summed E-state index contributed by atoms with van der Waals surface area (Å²) in [7, 11) is 2.68. The van der Waals surface area contributed by atoms with Crippen molar-refractivity contribution in [1.82, 2.24) is 4.90 Å². The van der Waals surface area contributed by atoms with Crippen LogP contribution in [0.25, 0.3) is 0 Å². The van der Waals surface area contributed by atoms with Crippen LogP contribution in [0.2, 0.25) is 61.1 Å². The molecule has 1 spiro atoms. The van der Waals surface area contributed by atoms with E-state index in [1.165, 1.54) is 0 Å². The third kappa shape index (κ3) is 0.346. The van der Waals surface area contributed by atoms with Crippen LogP contribution in [0.1, 0.15) is 6.92 Å². The molecule has 10 saturated heterocycles. The van der Waals surface area contributed by atoms with E-state index in [4.69, 9.17) is 0 Å². The van der Waals surface area contributed by atoms with Crippen LogP contribution in [0.15, 0.2) is 60.7 Å². The van der Waals surface area contributed by atoms with E-state index in [1.807, 2.05) is 0 Å². The van der Waals surface area contributed by atoms with Crippen molar-refractivity contribution in [2.75, 3.05) is 14.1 Å². The molecular formula is C30H36FeNOPSi. The Bertz CT molecular complexity index is 1830. The van der Waals surface area contributed by atoms with Crippen molar-refractivity contribution in [3.8, 4) is 0 Å². The SMILES string of the molecule is CC(N(C)C)[C]12[C]3(P(c4ccccc4)c4ccccc4)[CH]4[C]5([Si](C)(C)C)[C]1(C=O)[Fe]43251678[CH]2[CH]1[CH]6[CH]7[CH]28. The van der Waals surface area contributed by atoms with Crippen LogP contribution < -0.4 is 10.6 Å². The molecule has 0 aliphatic carbocycles. The van der Waals surface area contributed by atoms with Crippen LogP contribution in [0.4, 0.5) is 0 Å². The van der Waals surface area contributed by atoms with Crippen LogP contribution in [0, 0.1) is 0 Å². The van der Waals surface area contributed by atoms with Gasteiger partial charge in [0.2, 0.25) is 0 Å². The van der Waals surface area contributed by atoms with Gasteiger partial charge in [0, 0.05) is 0 Å². The fourth-order valence-corrected chi connectivity index (χ4v) is 145. The molecule has 12 rings (SSSR count). The Morgan fingerprint density at radius 3 is 1.69 bits per heavy atom. The topological polar surface area (TPSA) is 20.3 Å². The van der Waals surface area contributed by atoms with Crippen LogP contribution in [-0.4, -0.2) is 43.5 Å². The van der Waals surface area contributed by atoms with Gasteiger partial charge in [0.25, 0.3) is 0 Å². The molecule has 35 heavy (non-hydrogen) atoms. The Hall–Kier alpha value is -0.764. The third-order valence-electron chi connectivity index (χ3n) is 20.3. The molecule has 0 N–H and O–H groups in total. The van der Waals surface area contributed by atoms with Crippen molar-refractivity contribution < 1.29 is 11.3 Å². The van der Waals surface area contributed by atoms with Gasteiger partial charge in [0.05, 0.1) is 0 Å². The zero-order valence-corrected chi connectivity index (χ0v) is 24.5. The first kappa shape index (κ1) is 18.5.